The van der Waals surface area contributed by atoms with Gasteiger partial charge in [-0.05, 0) is 55.9 Å². The molecule has 1 aliphatic heterocycles. The molecule has 3 unspecified atom stereocenters. The molecular formula is C24H30Cl2N2O3. The van der Waals surface area contributed by atoms with E-state index in [1.165, 1.54) is 0 Å². The summed E-state index contributed by atoms with van der Waals surface area (Å²) in [6.07, 6.45) is 7.76. The van der Waals surface area contributed by atoms with Crippen LogP contribution in [0.4, 0.5) is 5.69 Å². The van der Waals surface area contributed by atoms with Crippen LogP contribution in [-0.2, 0) is 14.3 Å². The first-order valence-corrected chi connectivity index (χ1v) is 11.5. The van der Waals surface area contributed by atoms with Gasteiger partial charge in [0.1, 0.15) is 5.60 Å². The molecule has 0 aromatic heterocycles. The Balaban J connectivity index is 1.69. The van der Waals surface area contributed by atoms with Crippen molar-refractivity contribution in [2.75, 3.05) is 11.9 Å². The molecular weight excluding hydrogens is 435 g/mol. The van der Waals surface area contributed by atoms with Gasteiger partial charge < -0.3 is 15.4 Å². The number of halogens is 2. The molecule has 0 bridgehead atoms. The molecule has 7 heteroatoms. The lowest BCUT2D eigenvalue weighted by molar-refractivity contribution is -0.125. The Hall–Kier alpha value is -1.82. The average molecular weight is 465 g/mol. The van der Waals surface area contributed by atoms with Crippen molar-refractivity contribution >= 4 is 40.7 Å². The summed E-state index contributed by atoms with van der Waals surface area (Å²) in [5, 5.41) is 7.12. The van der Waals surface area contributed by atoms with E-state index in [1.54, 1.807) is 24.3 Å². The van der Waals surface area contributed by atoms with Crippen molar-refractivity contribution in [2.45, 2.75) is 51.7 Å². The van der Waals surface area contributed by atoms with Gasteiger partial charge in [0.15, 0.2) is 0 Å². The van der Waals surface area contributed by atoms with Gasteiger partial charge in [0.05, 0.1) is 6.10 Å². The second-order valence-electron chi connectivity index (χ2n) is 8.46. The third-order valence-corrected chi connectivity index (χ3v) is 6.94. The number of allylic oxidation sites excluding steroid dienone is 4. The number of ether oxygens (including phenoxy) is 1. The Morgan fingerprint density at radius 1 is 1.32 bits per heavy atom. The maximum Gasteiger partial charge on any atom is 0.227 e. The highest BCUT2D eigenvalue weighted by atomic mass is 35.5. The molecule has 0 saturated carbocycles. The van der Waals surface area contributed by atoms with Crippen molar-refractivity contribution in [3.63, 3.8) is 0 Å². The summed E-state index contributed by atoms with van der Waals surface area (Å²) in [6, 6.07) is 7.03. The fourth-order valence-electron chi connectivity index (χ4n) is 4.21. The molecule has 168 valence electrons. The summed E-state index contributed by atoms with van der Waals surface area (Å²) < 4.78 is 5.68. The highest BCUT2D eigenvalue weighted by molar-refractivity contribution is 6.31. The van der Waals surface area contributed by atoms with Crippen LogP contribution in [0.5, 0.6) is 0 Å². The van der Waals surface area contributed by atoms with Crippen molar-refractivity contribution in [1.29, 1.82) is 0 Å². The van der Waals surface area contributed by atoms with Crippen LogP contribution in [0, 0.1) is 17.8 Å². The first-order valence-electron chi connectivity index (χ1n) is 10.8. The Morgan fingerprint density at radius 3 is 2.68 bits per heavy atom. The normalized spacial score (nSPS) is 26.5. The lowest BCUT2D eigenvalue weighted by Crippen LogP contribution is -2.39. The molecule has 0 spiro atoms. The van der Waals surface area contributed by atoms with Crippen molar-refractivity contribution in [2.24, 2.45) is 17.8 Å². The van der Waals surface area contributed by atoms with Crippen molar-refractivity contribution < 1.29 is 14.3 Å². The van der Waals surface area contributed by atoms with E-state index in [4.69, 9.17) is 27.9 Å². The number of hydrogen-bond donors (Lipinski definition) is 2. The number of hydrogen-bond acceptors (Lipinski definition) is 3. The molecule has 1 aromatic rings. The third-order valence-electron chi connectivity index (χ3n) is 6.46. The van der Waals surface area contributed by atoms with Gasteiger partial charge >= 0.3 is 0 Å². The predicted octanol–water partition coefficient (Wildman–Crippen LogP) is 5.30. The molecule has 1 fully saturated rings. The summed E-state index contributed by atoms with van der Waals surface area (Å²) in [6.45, 7) is 6.42. The van der Waals surface area contributed by atoms with Gasteiger partial charge in [0, 0.05) is 34.6 Å². The van der Waals surface area contributed by atoms with E-state index >= 15 is 0 Å². The molecule has 3 rings (SSSR count). The van der Waals surface area contributed by atoms with Crippen molar-refractivity contribution in [3.05, 3.63) is 52.5 Å². The maximum absolute atomic E-state index is 13.0. The Morgan fingerprint density at radius 2 is 2.06 bits per heavy atom. The molecule has 2 amide bonds. The third kappa shape index (κ3) is 6.12. The fraction of sp³-hybridized carbons (Fsp3) is 0.500. The number of amides is 2. The smallest absolute Gasteiger partial charge is 0.227 e. The van der Waals surface area contributed by atoms with Crippen molar-refractivity contribution in [3.8, 4) is 0 Å². The summed E-state index contributed by atoms with van der Waals surface area (Å²) in [7, 11) is 0. The minimum atomic E-state index is -0.404. The van der Waals surface area contributed by atoms with E-state index in [2.05, 4.69) is 17.6 Å². The molecule has 0 radical (unpaired) electrons. The van der Waals surface area contributed by atoms with E-state index in [9.17, 15) is 9.59 Å². The summed E-state index contributed by atoms with van der Waals surface area (Å²) in [4.78, 5) is 25.8. The monoisotopic (exact) mass is 464 g/mol. The molecule has 5 nitrogen and oxygen atoms in total. The summed E-state index contributed by atoms with van der Waals surface area (Å²) in [5.74, 6) is -0.837. The Kier molecular flexibility index (Phi) is 7.84. The molecule has 31 heavy (non-hydrogen) atoms. The molecule has 5 atom stereocenters. The zero-order valence-electron chi connectivity index (χ0n) is 18.2. The highest BCUT2D eigenvalue weighted by Crippen LogP contribution is 2.39. The number of carbonyl (C=O) groups is 2. The van der Waals surface area contributed by atoms with Gasteiger partial charge in [-0.25, -0.2) is 0 Å². The lowest BCUT2D eigenvalue weighted by atomic mass is 9.76. The molecule has 2 aliphatic rings. The number of epoxide rings is 1. The predicted molar refractivity (Wildman–Crippen MR) is 125 cm³/mol. The molecule has 1 aromatic carbocycles. The van der Waals surface area contributed by atoms with E-state index in [1.807, 2.05) is 32.1 Å². The second kappa shape index (κ2) is 10.2. The van der Waals surface area contributed by atoms with Crippen LogP contribution in [0.25, 0.3) is 0 Å². The van der Waals surface area contributed by atoms with Crippen LogP contribution >= 0.6 is 23.2 Å². The number of carbonyl (C=O) groups excluding carboxylic acids is 2. The zero-order valence-corrected chi connectivity index (χ0v) is 19.7. The van der Waals surface area contributed by atoms with Crippen LogP contribution < -0.4 is 10.6 Å². The van der Waals surface area contributed by atoms with E-state index in [0.717, 1.165) is 12.8 Å². The lowest BCUT2D eigenvalue weighted by Gasteiger charge is -2.30. The van der Waals surface area contributed by atoms with Gasteiger partial charge in [-0.15, -0.1) is 0 Å². The fourth-order valence-corrected chi connectivity index (χ4v) is 4.65. The second-order valence-corrected chi connectivity index (χ2v) is 9.34. The van der Waals surface area contributed by atoms with Crippen LogP contribution in [-0.4, -0.2) is 30.1 Å². The number of anilines is 1. The SMILES string of the molecule is CC[C@]1(CNC(=O)C[C@@H](C2C=C(Cl)C=CC2)C(C)C(=O)Nc2cccc(Cl)c2)OC1C. The minimum Gasteiger partial charge on any atom is -0.364 e. The summed E-state index contributed by atoms with van der Waals surface area (Å²) >= 11 is 12.3. The highest BCUT2D eigenvalue weighted by Gasteiger charge is 2.51. The number of benzene rings is 1. The molecule has 1 aliphatic carbocycles. The van der Waals surface area contributed by atoms with Crippen LogP contribution in [0.1, 0.15) is 40.0 Å². The minimum absolute atomic E-state index is 0.000375. The first kappa shape index (κ1) is 23.8. The van der Waals surface area contributed by atoms with Gasteiger partial charge in [-0.1, -0.05) is 55.3 Å². The number of nitrogens with one attached hydrogen (secondary N) is 2. The number of rotatable bonds is 9. The maximum atomic E-state index is 13.0. The van der Waals surface area contributed by atoms with Gasteiger partial charge in [-0.3, -0.25) is 9.59 Å². The van der Waals surface area contributed by atoms with Crippen LogP contribution in [0.15, 0.2) is 47.5 Å². The van der Waals surface area contributed by atoms with Gasteiger partial charge in [0.2, 0.25) is 11.8 Å². The zero-order chi connectivity index (χ0) is 22.6. The van der Waals surface area contributed by atoms with Gasteiger partial charge in [-0.2, -0.15) is 0 Å². The first-order chi connectivity index (χ1) is 14.7. The van der Waals surface area contributed by atoms with Crippen molar-refractivity contribution in [1.82, 2.24) is 5.32 Å². The quantitative estimate of drug-likeness (QED) is 0.486. The van der Waals surface area contributed by atoms with E-state index < -0.39 is 5.92 Å². The van der Waals surface area contributed by atoms with Crippen LogP contribution in [0.3, 0.4) is 0 Å². The Labute approximate surface area is 194 Å². The molecule has 1 heterocycles. The topological polar surface area (TPSA) is 70.7 Å². The van der Waals surface area contributed by atoms with Gasteiger partial charge in [0.25, 0.3) is 0 Å². The largest absolute Gasteiger partial charge is 0.364 e. The van der Waals surface area contributed by atoms with E-state index in [0.29, 0.717) is 22.3 Å². The van der Waals surface area contributed by atoms with Crippen LogP contribution in [0.2, 0.25) is 5.02 Å². The standard InChI is InChI=1S/C24H30Cl2N2O3/c1-4-24(16(3)31-24)14-27-22(29)13-21(17-7-5-8-18(25)11-17)15(2)23(30)28-20-10-6-9-19(26)12-20/h5-6,8-12,15-17,21H,4,7,13-14H2,1-3H3,(H,27,29)(H,28,30)/t15?,16?,17?,21-,24-/m1/s1. The van der Waals surface area contributed by atoms with E-state index in [-0.39, 0.29) is 41.8 Å². The summed E-state index contributed by atoms with van der Waals surface area (Å²) in [5.41, 5.74) is 0.381. The molecule has 2 N–H and O–H groups in total. The average Bonchev–Trinajstić information content (AvgIpc) is 3.40. The Bertz CT molecular complexity index is 881. The molecule has 1 saturated heterocycles.